The first-order valence-electron chi connectivity index (χ1n) is 7.39. The van der Waals surface area contributed by atoms with Gasteiger partial charge in [-0.1, -0.05) is 51.8 Å². The zero-order valence-corrected chi connectivity index (χ0v) is 14.7. The molecule has 23 heavy (non-hydrogen) atoms. The summed E-state index contributed by atoms with van der Waals surface area (Å²) in [6, 6.07) is 15.4. The van der Waals surface area contributed by atoms with Gasteiger partial charge in [-0.15, -0.1) is 0 Å². The molecule has 3 rings (SSSR count). The van der Waals surface area contributed by atoms with Gasteiger partial charge in [0.1, 0.15) is 0 Å². The first-order chi connectivity index (χ1) is 11.1. The van der Waals surface area contributed by atoms with Gasteiger partial charge >= 0.3 is 0 Å². The number of carbonyl (C=O) groups excluding carboxylic acids is 1. The number of rotatable bonds is 4. The van der Waals surface area contributed by atoms with Gasteiger partial charge in [-0.2, -0.15) is 0 Å². The third-order valence-electron chi connectivity index (χ3n) is 3.90. The Hall–Kier alpha value is -1.40. The number of hydrazine groups is 1. The van der Waals surface area contributed by atoms with E-state index in [1.807, 2.05) is 48.5 Å². The van der Waals surface area contributed by atoms with Crippen LogP contribution in [0.5, 0.6) is 0 Å². The Balaban J connectivity index is 1.65. The van der Waals surface area contributed by atoms with Crippen molar-refractivity contribution < 1.29 is 4.79 Å². The zero-order valence-electron chi connectivity index (χ0n) is 12.4. The topological polar surface area (TPSA) is 53.2 Å². The van der Waals surface area contributed by atoms with E-state index in [-0.39, 0.29) is 17.9 Å². The van der Waals surface area contributed by atoms with Crippen LogP contribution in [0.3, 0.4) is 0 Å². The van der Waals surface area contributed by atoms with E-state index < -0.39 is 0 Å². The number of nitrogens with one attached hydrogen (secondary N) is 3. The highest BCUT2D eigenvalue weighted by Gasteiger charge is 2.33. The smallest absolute Gasteiger partial charge is 0.226 e. The summed E-state index contributed by atoms with van der Waals surface area (Å²) >= 11 is 9.37. The van der Waals surface area contributed by atoms with E-state index in [9.17, 15) is 4.79 Å². The largest absolute Gasteiger partial charge is 0.352 e. The summed E-state index contributed by atoms with van der Waals surface area (Å²) in [6.45, 7) is 1.11. The van der Waals surface area contributed by atoms with Crippen LogP contribution >= 0.6 is 27.5 Å². The maximum atomic E-state index is 12.5. The molecule has 1 aliphatic heterocycles. The lowest BCUT2D eigenvalue weighted by Gasteiger charge is -2.18. The van der Waals surface area contributed by atoms with Crippen molar-refractivity contribution in [2.45, 2.75) is 12.6 Å². The predicted molar refractivity (Wildman–Crippen MR) is 94.8 cm³/mol. The van der Waals surface area contributed by atoms with Crippen LogP contribution < -0.4 is 16.2 Å². The van der Waals surface area contributed by atoms with Crippen molar-refractivity contribution in [2.75, 3.05) is 6.54 Å². The summed E-state index contributed by atoms with van der Waals surface area (Å²) in [4.78, 5) is 12.5. The molecule has 1 aliphatic rings. The van der Waals surface area contributed by atoms with Crippen molar-refractivity contribution in [1.29, 1.82) is 0 Å². The predicted octanol–water partition coefficient (Wildman–Crippen LogP) is 3.18. The number of amides is 1. The highest BCUT2D eigenvalue weighted by atomic mass is 79.9. The second-order valence-corrected chi connectivity index (χ2v) is 6.86. The van der Waals surface area contributed by atoms with Crippen LogP contribution in [0.4, 0.5) is 0 Å². The normalized spacial score (nSPS) is 20.4. The third kappa shape index (κ3) is 4.12. The van der Waals surface area contributed by atoms with Crippen molar-refractivity contribution in [2.24, 2.45) is 5.92 Å². The molecule has 6 heteroatoms. The van der Waals surface area contributed by atoms with Crippen molar-refractivity contribution in [3.8, 4) is 0 Å². The highest BCUT2D eigenvalue weighted by molar-refractivity contribution is 9.10. The summed E-state index contributed by atoms with van der Waals surface area (Å²) in [6.07, 6.45) is 0. The van der Waals surface area contributed by atoms with Gasteiger partial charge in [-0.25, -0.2) is 5.43 Å². The average Bonchev–Trinajstić information content (AvgIpc) is 3.03. The highest BCUT2D eigenvalue weighted by Crippen LogP contribution is 2.26. The Bertz CT molecular complexity index is 692. The van der Waals surface area contributed by atoms with Crippen molar-refractivity contribution in [1.82, 2.24) is 16.2 Å². The van der Waals surface area contributed by atoms with E-state index in [0.717, 1.165) is 15.6 Å². The Morgan fingerprint density at radius 1 is 1.26 bits per heavy atom. The molecule has 1 fully saturated rings. The standard InChI is InChI=1S/C17H17BrClN3O/c18-13-3-1-2-11(8-13)9-20-17(23)15-10-21-22-16(15)12-4-6-14(19)7-5-12/h1-8,15-16,21-22H,9-10H2,(H,20,23). The fraction of sp³-hybridized carbons (Fsp3) is 0.235. The van der Waals surface area contributed by atoms with Gasteiger partial charge < -0.3 is 5.32 Å². The number of hydrogen-bond donors (Lipinski definition) is 3. The van der Waals surface area contributed by atoms with Crippen LogP contribution in [0, 0.1) is 5.92 Å². The monoisotopic (exact) mass is 393 g/mol. The fourth-order valence-corrected chi connectivity index (χ4v) is 3.27. The van der Waals surface area contributed by atoms with E-state index >= 15 is 0 Å². The minimum absolute atomic E-state index is 0.0300. The number of hydrogen-bond acceptors (Lipinski definition) is 3. The van der Waals surface area contributed by atoms with E-state index in [1.54, 1.807) is 0 Å². The molecule has 0 aromatic heterocycles. The molecule has 4 nitrogen and oxygen atoms in total. The van der Waals surface area contributed by atoms with Crippen LogP contribution in [0.1, 0.15) is 17.2 Å². The summed E-state index contributed by atoms with van der Waals surface area (Å²) in [7, 11) is 0. The van der Waals surface area contributed by atoms with E-state index in [4.69, 9.17) is 11.6 Å². The van der Waals surface area contributed by atoms with Crippen LogP contribution in [-0.4, -0.2) is 12.5 Å². The molecular weight excluding hydrogens is 378 g/mol. The van der Waals surface area contributed by atoms with Gasteiger partial charge in [0, 0.05) is 22.6 Å². The molecule has 0 aliphatic carbocycles. The summed E-state index contributed by atoms with van der Waals surface area (Å²) in [5.74, 6) is -0.134. The molecule has 0 bridgehead atoms. The van der Waals surface area contributed by atoms with Gasteiger partial charge in [-0.3, -0.25) is 10.2 Å². The van der Waals surface area contributed by atoms with Crippen molar-refractivity contribution >= 4 is 33.4 Å². The Morgan fingerprint density at radius 3 is 2.78 bits per heavy atom. The summed E-state index contributed by atoms with van der Waals surface area (Å²) < 4.78 is 1.01. The Kier molecular flexibility index (Phi) is 5.33. The molecule has 1 amide bonds. The number of carbonyl (C=O) groups is 1. The second-order valence-electron chi connectivity index (χ2n) is 5.51. The van der Waals surface area contributed by atoms with E-state index in [0.29, 0.717) is 18.1 Å². The third-order valence-corrected chi connectivity index (χ3v) is 4.65. The Labute approximate surface area is 148 Å². The molecule has 120 valence electrons. The molecule has 0 radical (unpaired) electrons. The van der Waals surface area contributed by atoms with Crippen LogP contribution in [0.15, 0.2) is 53.0 Å². The van der Waals surface area contributed by atoms with Crippen molar-refractivity contribution in [3.05, 3.63) is 69.2 Å². The molecular formula is C17H17BrClN3O. The number of benzene rings is 2. The molecule has 2 atom stereocenters. The van der Waals surface area contributed by atoms with Gasteiger partial charge in [-0.05, 0) is 35.4 Å². The molecule has 1 heterocycles. The molecule has 1 saturated heterocycles. The molecule has 2 aromatic carbocycles. The fourth-order valence-electron chi connectivity index (χ4n) is 2.69. The van der Waals surface area contributed by atoms with Crippen LogP contribution in [0.2, 0.25) is 5.02 Å². The lowest BCUT2D eigenvalue weighted by atomic mass is 9.94. The van der Waals surface area contributed by atoms with E-state index in [2.05, 4.69) is 32.1 Å². The molecule has 3 N–H and O–H groups in total. The van der Waals surface area contributed by atoms with E-state index in [1.165, 1.54) is 0 Å². The molecule has 2 aromatic rings. The maximum absolute atomic E-state index is 12.5. The first-order valence-corrected chi connectivity index (χ1v) is 8.56. The average molecular weight is 395 g/mol. The lowest BCUT2D eigenvalue weighted by Crippen LogP contribution is -2.34. The molecule has 0 saturated carbocycles. The van der Waals surface area contributed by atoms with Gasteiger partial charge in [0.2, 0.25) is 5.91 Å². The lowest BCUT2D eigenvalue weighted by molar-refractivity contribution is -0.125. The summed E-state index contributed by atoms with van der Waals surface area (Å²) in [5, 5.41) is 3.70. The quantitative estimate of drug-likeness (QED) is 0.746. The van der Waals surface area contributed by atoms with Crippen molar-refractivity contribution in [3.63, 3.8) is 0 Å². The zero-order chi connectivity index (χ0) is 16.2. The first kappa shape index (κ1) is 16.5. The second kappa shape index (κ2) is 7.45. The SMILES string of the molecule is O=C(NCc1cccc(Br)c1)C1CNNC1c1ccc(Cl)cc1. The number of halogens is 2. The molecule has 2 unspecified atom stereocenters. The van der Waals surface area contributed by atoms with Gasteiger partial charge in [0.15, 0.2) is 0 Å². The Morgan fingerprint density at radius 2 is 2.04 bits per heavy atom. The van der Waals surface area contributed by atoms with Crippen LogP contribution in [0.25, 0.3) is 0 Å². The van der Waals surface area contributed by atoms with Crippen LogP contribution in [-0.2, 0) is 11.3 Å². The minimum atomic E-state index is -0.164. The summed E-state index contributed by atoms with van der Waals surface area (Å²) in [5.41, 5.74) is 8.35. The maximum Gasteiger partial charge on any atom is 0.226 e. The molecule has 0 spiro atoms. The minimum Gasteiger partial charge on any atom is -0.352 e. The van der Waals surface area contributed by atoms with Gasteiger partial charge in [0.05, 0.1) is 12.0 Å². The van der Waals surface area contributed by atoms with Gasteiger partial charge in [0.25, 0.3) is 0 Å².